The Hall–Kier alpha value is -4.17. The van der Waals surface area contributed by atoms with E-state index in [1.807, 2.05) is 60.4 Å². The van der Waals surface area contributed by atoms with Crippen molar-refractivity contribution in [2.75, 3.05) is 19.6 Å². The number of aryl methyl sites for hydroxylation is 1. The van der Waals surface area contributed by atoms with Crippen molar-refractivity contribution in [3.63, 3.8) is 0 Å². The maximum Gasteiger partial charge on any atom is 0.407 e. The highest BCUT2D eigenvalue weighted by molar-refractivity contribution is 6.31. The van der Waals surface area contributed by atoms with Gasteiger partial charge in [0.1, 0.15) is 12.4 Å². The molecule has 2 heterocycles. The molecular formula is C34H37ClN4O4. The first-order valence-electron chi connectivity index (χ1n) is 14.9. The van der Waals surface area contributed by atoms with E-state index in [-0.39, 0.29) is 30.6 Å². The Labute approximate surface area is 256 Å². The predicted molar refractivity (Wildman–Crippen MR) is 168 cm³/mol. The summed E-state index contributed by atoms with van der Waals surface area (Å²) in [5.41, 5.74) is 4.59. The Bertz CT molecular complexity index is 1580. The number of ketones is 1. The number of rotatable bonds is 12. The molecule has 8 nitrogen and oxygen atoms in total. The number of aromatic amines is 1. The average Bonchev–Trinajstić information content (AvgIpc) is 3.70. The van der Waals surface area contributed by atoms with Gasteiger partial charge in [0.05, 0.1) is 11.0 Å². The van der Waals surface area contributed by atoms with Crippen LogP contribution in [0.5, 0.6) is 0 Å². The van der Waals surface area contributed by atoms with Gasteiger partial charge in [0.2, 0.25) is 0 Å². The molecular weight excluding hydrogens is 564 g/mol. The van der Waals surface area contributed by atoms with Gasteiger partial charge in [-0.05, 0) is 74.1 Å². The molecule has 0 spiro atoms. The Balaban J connectivity index is 1.20. The van der Waals surface area contributed by atoms with Crippen LogP contribution < -0.4 is 5.32 Å². The molecule has 0 bridgehead atoms. The lowest BCUT2D eigenvalue weighted by atomic mass is 9.91. The average molecular weight is 601 g/mol. The molecule has 1 atom stereocenters. The van der Waals surface area contributed by atoms with Crippen molar-refractivity contribution in [2.45, 2.75) is 58.0 Å². The van der Waals surface area contributed by atoms with Gasteiger partial charge in [-0.2, -0.15) is 0 Å². The largest absolute Gasteiger partial charge is 0.445 e. The molecule has 43 heavy (non-hydrogen) atoms. The zero-order valence-corrected chi connectivity index (χ0v) is 25.2. The number of imidazole rings is 1. The first-order valence-corrected chi connectivity index (χ1v) is 15.3. The first kappa shape index (κ1) is 30.3. The Morgan fingerprint density at radius 1 is 1.02 bits per heavy atom. The molecule has 4 aromatic rings. The van der Waals surface area contributed by atoms with E-state index in [2.05, 4.69) is 10.3 Å². The second kappa shape index (κ2) is 14.3. The van der Waals surface area contributed by atoms with Crippen LogP contribution in [0.2, 0.25) is 5.02 Å². The second-order valence-electron chi connectivity index (χ2n) is 11.1. The zero-order chi connectivity index (χ0) is 30.2. The van der Waals surface area contributed by atoms with Gasteiger partial charge in [0, 0.05) is 48.1 Å². The number of aromatic nitrogens is 2. The number of unbranched alkanes of at least 4 members (excludes halogenated alkanes) is 1. The number of nitrogens with one attached hydrogen (secondary N) is 2. The topological polar surface area (TPSA) is 104 Å². The summed E-state index contributed by atoms with van der Waals surface area (Å²) in [7, 11) is 0. The summed E-state index contributed by atoms with van der Waals surface area (Å²) in [5.74, 6) is 0.605. The number of benzene rings is 3. The molecule has 1 aromatic heterocycles. The van der Waals surface area contributed by atoms with Crippen LogP contribution in [-0.4, -0.2) is 52.3 Å². The molecule has 1 saturated heterocycles. The quantitative estimate of drug-likeness (QED) is 0.132. The lowest BCUT2D eigenvalue weighted by Crippen LogP contribution is -2.28. The minimum Gasteiger partial charge on any atom is -0.445 e. The number of hydrogen-bond donors (Lipinski definition) is 2. The summed E-state index contributed by atoms with van der Waals surface area (Å²) < 4.78 is 5.29. The van der Waals surface area contributed by atoms with Gasteiger partial charge < -0.3 is 19.9 Å². The fourth-order valence-electron chi connectivity index (χ4n) is 5.52. The van der Waals surface area contributed by atoms with Gasteiger partial charge in [0.15, 0.2) is 5.78 Å². The number of fused-ring (bicyclic) bond motifs is 1. The molecule has 2 amide bonds. The van der Waals surface area contributed by atoms with Gasteiger partial charge in [-0.25, -0.2) is 9.78 Å². The third-order valence-corrected chi connectivity index (χ3v) is 8.15. The number of Topliss-reactive ketones (excluding diaryl/α,β-unsaturated/α-hetero) is 1. The number of amides is 2. The number of nitrogens with zero attached hydrogens (tertiary/aromatic N) is 2. The number of halogens is 1. The third kappa shape index (κ3) is 8.02. The summed E-state index contributed by atoms with van der Waals surface area (Å²) in [6.07, 6.45) is 4.08. The Kier molecular flexibility index (Phi) is 10.1. The van der Waals surface area contributed by atoms with Gasteiger partial charge in [-0.15, -0.1) is 0 Å². The zero-order valence-electron chi connectivity index (χ0n) is 24.4. The van der Waals surface area contributed by atoms with Crippen LogP contribution in [-0.2, 0) is 11.3 Å². The molecule has 1 aliphatic heterocycles. The van der Waals surface area contributed by atoms with Crippen LogP contribution in [0.15, 0.2) is 66.7 Å². The number of alkyl carbamates (subject to hydrolysis) is 1. The normalized spacial score (nSPS) is 13.7. The van der Waals surface area contributed by atoms with E-state index in [1.165, 1.54) is 0 Å². The van der Waals surface area contributed by atoms with Crippen LogP contribution in [0.3, 0.4) is 0 Å². The summed E-state index contributed by atoms with van der Waals surface area (Å²) in [6, 6.07) is 20.4. The number of carbonyl (C=O) groups is 3. The van der Waals surface area contributed by atoms with Gasteiger partial charge in [0.25, 0.3) is 5.91 Å². The smallest absolute Gasteiger partial charge is 0.407 e. The van der Waals surface area contributed by atoms with Crippen LogP contribution in [0.4, 0.5) is 4.79 Å². The van der Waals surface area contributed by atoms with E-state index >= 15 is 0 Å². The number of likely N-dealkylation sites (tertiary alicyclic amines) is 1. The van der Waals surface area contributed by atoms with Crippen LogP contribution in [0, 0.1) is 6.92 Å². The molecule has 0 aliphatic carbocycles. The van der Waals surface area contributed by atoms with E-state index in [4.69, 9.17) is 21.3 Å². The van der Waals surface area contributed by atoms with Gasteiger partial charge in [-0.3, -0.25) is 9.59 Å². The van der Waals surface area contributed by atoms with Gasteiger partial charge in [-0.1, -0.05) is 54.4 Å². The summed E-state index contributed by atoms with van der Waals surface area (Å²) >= 11 is 6.18. The molecule has 3 aromatic carbocycles. The third-order valence-electron chi connectivity index (χ3n) is 7.92. The summed E-state index contributed by atoms with van der Waals surface area (Å²) in [4.78, 5) is 48.6. The van der Waals surface area contributed by atoms with Crippen molar-refractivity contribution in [3.05, 3.63) is 99.8 Å². The first-order chi connectivity index (χ1) is 20.9. The molecule has 0 radical (unpaired) electrons. The van der Waals surface area contributed by atoms with E-state index in [0.717, 1.165) is 66.8 Å². The highest BCUT2D eigenvalue weighted by atomic mass is 35.5. The number of H-pyrrole nitrogens is 1. The molecule has 1 fully saturated rings. The minimum absolute atomic E-state index is 0.00521. The van der Waals surface area contributed by atoms with Crippen LogP contribution in [0.25, 0.3) is 11.0 Å². The maximum atomic E-state index is 13.5. The number of carbonyl (C=O) groups excluding carboxylic acids is 3. The standard InChI is InChI=1S/C34H37ClN4O4/c1-23-19-25(12-14-28(23)33(41)39-17-7-8-18-39)31(40)20-26(32-37-29-15-13-27(35)21-30(29)38-32)11-5-6-16-36-34(42)43-22-24-9-3-2-4-10-24/h2-4,9-10,12-15,19,21,26H,5-8,11,16-18,20,22H2,1H3,(H,36,42)(H,37,38). The summed E-state index contributed by atoms with van der Waals surface area (Å²) in [5, 5.41) is 3.40. The minimum atomic E-state index is -0.452. The van der Waals surface area contributed by atoms with Crippen molar-refractivity contribution < 1.29 is 19.1 Å². The van der Waals surface area contributed by atoms with Crippen molar-refractivity contribution in [3.8, 4) is 0 Å². The Morgan fingerprint density at radius 3 is 2.58 bits per heavy atom. The fraction of sp³-hybridized carbons (Fsp3) is 0.353. The van der Waals surface area contributed by atoms with Crippen LogP contribution in [0.1, 0.15) is 82.1 Å². The van der Waals surface area contributed by atoms with Crippen molar-refractivity contribution >= 4 is 40.4 Å². The molecule has 0 saturated carbocycles. The van der Waals surface area contributed by atoms with E-state index in [0.29, 0.717) is 29.1 Å². The number of hydrogen-bond acceptors (Lipinski definition) is 5. The Morgan fingerprint density at radius 2 is 1.81 bits per heavy atom. The van der Waals surface area contributed by atoms with Crippen molar-refractivity contribution in [1.29, 1.82) is 0 Å². The van der Waals surface area contributed by atoms with E-state index in [1.54, 1.807) is 18.2 Å². The van der Waals surface area contributed by atoms with Crippen LogP contribution >= 0.6 is 11.6 Å². The molecule has 1 unspecified atom stereocenters. The second-order valence-corrected chi connectivity index (χ2v) is 11.6. The SMILES string of the molecule is Cc1cc(C(=O)CC(CCCCNC(=O)OCc2ccccc2)c2nc3cc(Cl)ccc3[nH]2)ccc1C(=O)N1CCCC1. The fourth-order valence-corrected chi connectivity index (χ4v) is 5.68. The lowest BCUT2D eigenvalue weighted by molar-refractivity contribution is 0.0791. The maximum absolute atomic E-state index is 13.5. The highest BCUT2D eigenvalue weighted by Crippen LogP contribution is 2.29. The molecule has 224 valence electrons. The molecule has 5 rings (SSSR count). The van der Waals surface area contributed by atoms with Gasteiger partial charge >= 0.3 is 6.09 Å². The van der Waals surface area contributed by atoms with Crippen molar-refractivity contribution in [1.82, 2.24) is 20.2 Å². The predicted octanol–water partition coefficient (Wildman–Crippen LogP) is 7.21. The number of ether oxygens (including phenoxy) is 1. The van der Waals surface area contributed by atoms with Crippen molar-refractivity contribution in [2.24, 2.45) is 0 Å². The van der Waals surface area contributed by atoms with E-state index < -0.39 is 6.09 Å². The molecule has 9 heteroatoms. The molecule has 2 N–H and O–H groups in total. The van der Waals surface area contributed by atoms with E-state index in [9.17, 15) is 14.4 Å². The molecule has 1 aliphatic rings. The monoisotopic (exact) mass is 600 g/mol. The summed E-state index contributed by atoms with van der Waals surface area (Å²) in [6.45, 7) is 4.15. The highest BCUT2D eigenvalue weighted by Gasteiger charge is 2.24. The lowest BCUT2D eigenvalue weighted by Gasteiger charge is -2.18.